The number of anilines is 2. The summed E-state index contributed by atoms with van der Waals surface area (Å²) in [6.45, 7) is 1.80. The van der Waals surface area contributed by atoms with Gasteiger partial charge in [0, 0.05) is 54.7 Å². The molecule has 2 aliphatic carbocycles. The summed E-state index contributed by atoms with van der Waals surface area (Å²) < 4.78 is 116. The fraction of sp³-hybridized carbons (Fsp3) is 0.434. The van der Waals surface area contributed by atoms with E-state index >= 15 is 0 Å². The molecule has 21 heteroatoms. The number of halogens is 2. The highest BCUT2D eigenvalue weighted by Gasteiger charge is 2.35. The molecule has 17 nitrogen and oxygen atoms in total. The first-order valence-corrected chi connectivity index (χ1v) is 28.3. The molecule has 4 aromatic carbocycles. The number of carbonyl (C=O) groups is 2. The molecule has 398 valence electrons. The number of amides is 2. The summed E-state index contributed by atoms with van der Waals surface area (Å²) in [5.41, 5.74) is 5.08. The van der Waals surface area contributed by atoms with Gasteiger partial charge in [-0.3, -0.25) is 18.2 Å². The molecular formula is C53H62F2N4O13S2. The van der Waals surface area contributed by atoms with Gasteiger partial charge in [0.05, 0.1) is 87.7 Å². The molecule has 1 unspecified atom stereocenters. The molecule has 1 aliphatic heterocycles. The fourth-order valence-corrected chi connectivity index (χ4v) is 10.9. The van der Waals surface area contributed by atoms with Gasteiger partial charge in [-0.15, -0.1) is 0 Å². The number of ether oxygens (including phenoxy) is 4. The molecule has 3 N–H and O–H groups in total. The molecule has 3 fully saturated rings. The Morgan fingerprint density at radius 2 is 1.08 bits per heavy atom. The van der Waals surface area contributed by atoms with Crippen LogP contribution in [0.5, 0.6) is 0 Å². The zero-order chi connectivity index (χ0) is 52.7. The summed E-state index contributed by atoms with van der Waals surface area (Å²) in [5.74, 6) is -0.591. The summed E-state index contributed by atoms with van der Waals surface area (Å²) in [6.07, 6.45) is 8.75. The lowest BCUT2D eigenvalue weighted by molar-refractivity contribution is -0.168. The molecule has 0 spiro atoms. The Hall–Kier alpha value is -5.94. The molecule has 3 heterocycles. The van der Waals surface area contributed by atoms with E-state index < -0.39 is 31.7 Å². The smallest absolute Gasteiger partial charge is 0.255 e. The first-order valence-electron chi connectivity index (χ1n) is 24.6. The van der Waals surface area contributed by atoms with Crippen molar-refractivity contribution in [1.82, 2.24) is 10.6 Å². The number of nitrogens with zero attached hydrogens (tertiary/aromatic N) is 2. The Balaban J connectivity index is 0.000000200. The van der Waals surface area contributed by atoms with Gasteiger partial charge in [0.2, 0.25) is 20.0 Å². The molecule has 0 bridgehead atoms. The topological polar surface area (TPSA) is 216 Å². The van der Waals surface area contributed by atoms with Crippen molar-refractivity contribution in [3.63, 3.8) is 0 Å². The Morgan fingerprint density at radius 1 is 0.635 bits per heavy atom. The molecule has 1 saturated heterocycles. The number of sulfonamides is 2. The average molecular weight is 1070 g/mol. The maximum atomic E-state index is 13.6. The molecule has 3 aliphatic rings. The number of fused-ring (bicyclic) bond motifs is 2. The summed E-state index contributed by atoms with van der Waals surface area (Å²) in [6, 6.07) is 18.4. The molecule has 6 aromatic rings. The predicted octanol–water partition coefficient (Wildman–Crippen LogP) is 8.05. The van der Waals surface area contributed by atoms with Gasteiger partial charge in [-0.05, 0) is 129 Å². The number of benzene rings is 4. The normalized spacial score (nSPS) is 16.0. The first-order chi connectivity index (χ1) is 35.5. The minimum atomic E-state index is -3.67. The van der Waals surface area contributed by atoms with Crippen molar-refractivity contribution in [2.45, 2.75) is 63.1 Å². The number of hydrogen-bond donors (Lipinski definition) is 3. The highest BCUT2D eigenvalue weighted by Crippen LogP contribution is 2.49. The summed E-state index contributed by atoms with van der Waals surface area (Å²) in [7, 11) is -4.27. The number of furan rings is 2. The predicted molar refractivity (Wildman–Crippen MR) is 277 cm³/mol. The van der Waals surface area contributed by atoms with E-state index in [1.54, 1.807) is 24.3 Å². The van der Waals surface area contributed by atoms with Gasteiger partial charge in [-0.2, -0.15) is 0 Å². The second-order valence-corrected chi connectivity index (χ2v) is 22.2. The highest BCUT2D eigenvalue weighted by molar-refractivity contribution is 7.92. The van der Waals surface area contributed by atoms with Crippen LogP contribution in [0.3, 0.4) is 0 Å². The minimum absolute atomic E-state index is 0.0674. The average Bonchev–Trinajstić information content (AvgIpc) is 4.33. The minimum Gasteiger partial charge on any atom is -0.455 e. The zero-order valence-electron chi connectivity index (χ0n) is 41.8. The van der Waals surface area contributed by atoms with Gasteiger partial charge in [0.25, 0.3) is 11.8 Å². The maximum absolute atomic E-state index is 13.6. The van der Waals surface area contributed by atoms with E-state index in [1.165, 1.54) is 65.4 Å². The highest BCUT2D eigenvalue weighted by atomic mass is 32.2. The van der Waals surface area contributed by atoms with Crippen molar-refractivity contribution < 1.29 is 68.1 Å². The van der Waals surface area contributed by atoms with Gasteiger partial charge in [0.15, 0.2) is 6.29 Å². The van der Waals surface area contributed by atoms with Crippen LogP contribution >= 0.6 is 0 Å². The van der Waals surface area contributed by atoms with Crippen molar-refractivity contribution >= 4 is 65.2 Å². The number of carbonyl (C=O) groups excluding carboxylic acids is 2. The summed E-state index contributed by atoms with van der Waals surface area (Å²) in [4.78, 5) is 25.8. The molecule has 2 aromatic heterocycles. The SMILES string of the molecule is CNC(=O)c1c(-c2ccc(F)cc2)oc2cc(N(CCOCCO)S(C)(=O)=O)c(C3CC3)cc12.CNC(=O)c1c(-c2ccc(F)cc2)oc2cc(N(CCOCCOC3CCCCO3)S(C)(=O)=O)c(C3CC3)cc12. The van der Waals surface area contributed by atoms with Crippen LogP contribution in [0.4, 0.5) is 20.2 Å². The van der Waals surface area contributed by atoms with Crippen LogP contribution in [0.25, 0.3) is 44.6 Å². The molecule has 2 amide bonds. The van der Waals surface area contributed by atoms with Crippen molar-refractivity contribution in [3.05, 3.63) is 107 Å². The van der Waals surface area contributed by atoms with Gasteiger partial charge in [-0.1, -0.05) is 0 Å². The zero-order valence-corrected chi connectivity index (χ0v) is 43.4. The van der Waals surface area contributed by atoms with E-state index in [4.69, 9.17) is 32.9 Å². The Kier molecular flexibility index (Phi) is 17.4. The van der Waals surface area contributed by atoms with E-state index in [1.807, 2.05) is 12.1 Å². The van der Waals surface area contributed by atoms with Crippen LogP contribution in [-0.2, 0) is 39.0 Å². The van der Waals surface area contributed by atoms with Crippen molar-refractivity contribution in [2.75, 3.05) is 94.6 Å². The first kappa shape index (κ1) is 54.3. The Morgan fingerprint density at radius 3 is 1.46 bits per heavy atom. The van der Waals surface area contributed by atoms with Crippen LogP contribution in [0, 0.1) is 11.6 Å². The van der Waals surface area contributed by atoms with Gasteiger partial charge in [-0.25, -0.2) is 25.6 Å². The lowest BCUT2D eigenvalue weighted by Crippen LogP contribution is -2.34. The third-order valence-corrected chi connectivity index (χ3v) is 15.3. The van der Waals surface area contributed by atoms with Crippen LogP contribution in [0.1, 0.15) is 88.6 Å². The summed E-state index contributed by atoms with van der Waals surface area (Å²) >= 11 is 0. The Bertz CT molecular complexity index is 3170. The van der Waals surface area contributed by atoms with Crippen LogP contribution in [0.15, 0.2) is 81.6 Å². The monoisotopic (exact) mass is 1060 g/mol. The largest absolute Gasteiger partial charge is 0.455 e. The maximum Gasteiger partial charge on any atom is 0.255 e. The van der Waals surface area contributed by atoms with Crippen LogP contribution < -0.4 is 19.2 Å². The summed E-state index contributed by atoms with van der Waals surface area (Å²) in [5, 5.41) is 15.4. The fourth-order valence-electron chi connectivity index (χ4n) is 9.06. The van der Waals surface area contributed by atoms with Crippen molar-refractivity contribution in [3.8, 4) is 22.6 Å². The van der Waals surface area contributed by atoms with Crippen LogP contribution in [-0.4, -0.2) is 126 Å². The third kappa shape index (κ3) is 12.9. The number of nitrogens with one attached hydrogen (secondary N) is 2. The van der Waals surface area contributed by atoms with E-state index in [-0.39, 0.29) is 75.2 Å². The molecule has 74 heavy (non-hydrogen) atoms. The van der Waals surface area contributed by atoms with Gasteiger partial charge >= 0.3 is 0 Å². The number of aliphatic hydroxyl groups is 1. The van der Waals surface area contributed by atoms with E-state index in [9.17, 15) is 35.2 Å². The van der Waals surface area contributed by atoms with Crippen LogP contribution in [0.2, 0.25) is 0 Å². The lowest BCUT2D eigenvalue weighted by Gasteiger charge is -2.25. The van der Waals surface area contributed by atoms with E-state index in [2.05, 4.69) is 10.6 Å². The van der Waals surface area contributed by atoms with Gasteiger partial charge in [0.1, 0.15) is 34.3 Å². The van der Waals surface area contributed by atoms with E-state index in [0.717, 1.165) is 62.3 Å². The van der Waals surface area contributed by atoms with Gasteiger partial charge < -0.3 is 43.5 Å². The second kappa shape index (κ2) is 23.7. The number of hydrogen-bond acceptors (Lipinski definition) is 13. The molecular weight excluding hydrogens is 1000 g/mol. The second-order valence-electron chi connectivity index (χ2n) is 18.4. The molecule has 1 atom stereocenters. The Labute approximate surface area is 429 Å². The molecule has 0 radical (unpaired) electrons. The lowest BCUT2D eigenvalue weighted by atomic mass is 10.0. The standard InChI is InChI=1S/C29H35FN2O7S.C24H27FN2O6S/c1-31-29(33)27-23-17-22(19-6-7-19)24(18-25(23)39-28(27)20-8-10-21(30)11-9-20)32(40(2,34)35)12-14-36-15-16-38-26-5-3-4-13-37-26;1-26-24(29)22-19-13-18(15-3-4-15)20(27(34(2,30)31)9-11-32-12-10-28)14-21(19)33-23(22)16-5-7-17(25)8-6-16/h8-11,17-19,26H,3-7,12-16H2,1-2H3,(H,31,33);5-8,13-15,28H,3-4,9-12H2,1-2H3,(H,26,29). The molecule has 2 saturated carbocycles. The number of aliphatic hydroxyl groups excluding tert-OH is 1. The number of rotatable bonds is 22. The molecule has 9 rings (SSSR count). The van der Waals surface area contributed by atoms with Crippen molar-refractivity contribution in [1.29, 1.82) is 0 Å². The van der Waals surface area contributed by atoms with E-state index in [0.29, 0.717) is 81.1 Å². The quantitative estimate of drug-likeness (QED) is 0.0549. The third-order valence-electron chi connectivity index (χ3n) is 13.0. The van der Waals surface area contributed by atoms with Crippen molar-refractivity contribution in [2.24, 2.45) is 0 Å².